The molecule has 0 aliphatic carbocycles. The first-order valence-electron chi connectivity index (χ1n) is 16.9. The Morgan fingerprint density at radius 3 is 2.00 bits per heavy atom. The van der Waals surface area contributed by atoms with E-state index in [4.69, 9.17) is 18.7 Å². The molecule has 1 aromatic carbocycles. The number of amides is 2. The van der Waals surface area contributed by atoms with Gasteiger partial charge in [0.1, 0.15) is 23.1 Å². The van der Waals surface area contributed by atoms with Crippen molar-refractivity contribution in [2.75, 3.05) is 32.4 Å². The van der Waals surface area contributed by atoms with Crippen LogP contribution in [0.25, 0.3) is 11.1 Å². The number of unbranched alkanes of at least 4 members (excludes halogenated alkanes) is 1. The topological polar surface area (TPSA) is 137 Å². The maximum atomic E-state index is 14.8. The molecule has 0 bridgehead atoms. The minimum Gasteiger partial charge on any atom is -0.459 e. The van der Waals surface area contributed by atoms with Gasteiger partial charge >= 0.3 is 18.2 Å². The van der Waals surface area contributed by atoms with Gasteiger partial charge in [-0.3, -0.25) is 14.3 Å². The summed E-state index contributed by atoms with van der Waals surface area (Å²) in [7, 11) is -3.60. The number of nitrogens with zero attached hydrogens (tertiary/aromatic N) is 4. The highest BCUT2D eigenvalue weighted by molar-refractivity contribution is 7.62. The number of hydrogen-bond acceptors (Lipinski definition) is 11. The fourth-order valence-electron chi connectivity index (χ4n) is 5.70. The van der Waals surface area contributed by atoms with Crippen molar-refractivity contribution in [3.63, 3.8) is 0 Å². The number of aromatic nitrogens is 2. The van der Waals surface area contributed by atoms with Gasteiger partial charge in [-0.05, 0) is 99.6 Å². The quantitative estimate of drug-likeness (QED) is 0.0986. The van der Waals surface area contributed by atoms with Crippen LogP contribution in [0.2, 0.25) is 0 Å². The Kier molecular flexibility index (Phi) is 13.2. The van der Waals surface area contributed by atoms with E-state index in [0.717, 1.165) is 21.6 Å². The van der Waals surface area contributed by atoms with Gasteiger partial charge in [0.25, 0.3) is 0 Å². The van der Waals surface area contributed by atoms with E-state index >= 15 is 0 Å². The fraction of sp³-hybridized carbons (Fsp3) is 0.639. The zero-order chi connectivity index (χ0) is 36.7. The van der Waals surface area contributed by atoms with Crippen molar-refractivity contribution in [2.45, 2.75) is 117 Å². The number of imide groups is 1. The molecule has 2 atom stereocenters. The summed E-state index contributed by atoms with van der Waals surface area (Å²) in [4.78, 5) is 51.9. The summed E-state index contributed by atoms with van der Waals surface area (Å²) in [6.45, 7) is 18.6. The second kappa shape index (κ2) is 16.1. The van der Waals surface area contributed by atoms with Crippen LogP contribution < -0.4 is 0 Å². The third-order valence-corrected chi connectivity index (χ3v) is 11.0. The Morgan fingerprint density at radius 2 is 1.45 bits per heavy atom. The molecule has 1 saturated heterocycles. The third-order valence-electron chi connectivity index (χ3n) is 7.70. The lowest BCUT2D eigenvalue weighted by molar-refractivity contribution is -0.160. The van der Waals surface area contributed by atoms with Crippen molar-refractivity contribution >= 4 is 25.5 Å². The van der Waals surface area contributed by atoms with Crippen molar-refractivity contribution in [3.05, 3.63) is 48.5 Å². The van der Waals surface area contributed by atoms with Crippen molar-refractivity contribution in [1.29, 1.82) is 0 Å². The van der Waals surface area contributed by atoms with E-state index in [-0.39, 0.29) is 32.3 Å². The first kappa shape index (κ1) is 40.1. The Balaban J connectivity index is 1.94. The lowest BCUT2D eigenvalue weighted by Gasteiger charge is -2.46. The molecule has 1 aliphatic heterocycles. The van der Waals surface area contributed by atoms with Gasteiger partial charge in [-0.2, -0.15) is 0 Å². The first-order valence-corrected chi connectivity index (χ1v) is 18.8. The Labute approximate surface area is 291 Å². The van der Waals surface area contributed by atoms with E-state index in [2.05, 4.69) is 14.9 Å². The second-order valence-corrected chi connectivity index (χ2v) is 18.3. The van der Waals surface area contributed by atoms with E-state index in [1.54, 1.807) is 81.6 Å². The molecule has 0 saturated carbocycles. The summed E-state index contributed by atoms with van der Waals surface area (Å²) in [5, 5.41) is -1.48. The van der Waals surface area contributed by atoms with Crippen LogP contribution in [-0.2, 0) is 34.6 Å². The highest BCUT2D eigenvalue weighted by atomic mass is 31.2. The molecule has 0 spiro atoms. The van der Waals surface area contributed by atoms with Gasteiger partial charge in [-0.15, -0.1) is 0 Å². The molecule has 1 aromatic heterocycles. The van der Waals surface area contributed by atoms with E-state index in [1.807, 2.05) is 24.3 Å². The fourth-order valence-corrected chi connectivity index (χ4v) is 8.71. The minimum absolute atomic E-state index is 0.0244. The molecule has 0 N–H and O–H groups in total. The van der Waals surface area contributed by atoms with Crippen molar-refractivity contribution in [3.8, 4) is 11.1 Å². The molecular formula is C36H55N4O8P. The summed E-state index contributed by atoms with van der Waals surface area (Å²) in [5.41, 5.74) is 0.337. The number of rotatable bonds is 11. The number of carbonyl (C=O) groups is 3. The number of esters is 1. The van der Waals surface area contributed by atoms with Crippen LogP contribution in [-0.4, -0.2) is 92.3 Å². The van der Waals surface area contributed by atoms with E-state index in [1.165, 1.54) is 6.33 Å². The van der Waals surface area contributed by atoms with Gasteiger partial charge in [0.05, 0.1) is 6.61 Å². The standard InChI is InChI=1S/C36H55N4O8P/c1-11-45-49(44)21-20-39(24-27-16-12-13-17-29(27)28-22-37-26-38-23-28)25-36(49,30(41)46-33(2,3)4)18-14-15-19-40(31(42)47-34(5,6)7)32(43)48-35(8,9)10/h12-13,16-17,22-23,26H,11,14-15,18-21,24-25H2,1-10H3/t36-,49?/m0/s1. The van der Waals surface area contributed by atoms with Gasteiger partial charge in [-0.1, -0.05) is 24.3 Å². The number of benzene rings is 1. The molecule has 3 rings (SSSR count). The molecule has 2 aromatic rings. The molecule has 1 fully saturated rings. The molecule has 0 radical (unpaired) electrons. The smallest absolute Gasteiger partial charge is 0.419 e. The lowest BCUT2D eigenvalue weighted by Crippen LogP contribution is -2.56. The van der Waals surface area contributed by atoms with Gasteiger partial charge in [0.2, 0.25) is 7.37 Å². The zero-order valence-electron chi connectivity index (χ0n) is 30.9. The molecule has 49 heavy (non-hydrogen) atoms. The summed E-state index contributed by atoms with van der Waals surface area (Å²) in [5.74, 6) is -0.581. The predicted molar refractivity (Wildman–Crippen MR) is 188 cm³/mol. The van der Waals surface area contributed by atoms with Crippen LogP contribution in [0.5, 0.6) is 0 Å². The maximum Gasteiger partial charge on any atom is 0.419 e. The number of ether oxygens (including phenoxy) is 3. The summed E-state index contributed by atoms with van der Waals surface area (Å²) in [6, 6.07) is 7.94. The van der Waals surface area contributed by atoms with Crippen molar-refractivity contribution in [1.82, 2.24) is 19.8 Å². The Bertz CT molecular complexity index is 1450. The van der Waals surface area contributed by atoms with E-state index in [9.17, 15) is 18.9 Å². The molecule has 1 aliphatic rings. The van der Waals surface area contributed by atoms with Gasteiger partial charge in [0, 0.05) is 50.3 Å². The second-order valence-electron chi connectivity index (χ2n) is 15.4. The zero-order valence-corrected chi connectivity index (χ0v) is 31.8. The van der Waals surface area contributed by atoms with Gasteiger partial charge < -0.3 is 18.7 Å². The van der Waals surface area contributed by atoms with Crippen LogP contribution >= 0.6 is 7.37 Å². The van der Waals surface area contributed by atoms with E-state index in [0.29, 0.717) is 25.9 Å². The largest absolute Gasteiger partial charge is 0.459 e. The summed E-state index contributed by atoms with van der Waals surface area (Å²) < 4.78 is 37.9. The Morgan fingerprint density at radius 1 is 0.878 bits per heavy atom. The van der Waals surface area contributed by atoms with Crippen LogP contribution in [0.4, 0.5) is 9.59 Å². The maximum absolute atomic E-state index is 14.8. The molecule has 12 nitrogen and oxygen atoms in total. The van der Waals surface area contributed by atoms with Gasteiger partial charge in [-0.25, -0.2) is 24.5 Å². The highest BCUT2D eigenvalue weighted by Gasteiger charge is 2.59. The first-order chi connectivity index (χ1) is 22.7. The van der Waals surface area contributed by atoms with Crippen molar-refractivity contribution < 1.29 is 37.7 Å². The highest BCUT2D eigenvalue weighted by Crippen LogP contribution is 2.64. The normalized spacial score (nSPS) is 20.4. The number of hydrogen-bond donors (Lipinski definition) is 0. The molecule has 2 heterocycles. The Hall–Kier alpha value is -3.34. The minimum atomic E-state index is -3.60. The lowest BCUT2D eigenvalue weighted by atomic mass is 9.97. The van der Waals surface area contributed by atoms with Gasteiger partial charge in [0.15, 0.2) is 5.16 Å². The third kappa shape index (κ3) is 11.3. The molecule has 13 heteroatoms. The average molecular weight is 703 g/mol. The summed E-state index contributed by atoms with van der Waals surface area (Å²) >= 11 is 0. The van der Waals surface area contributed by atoms with Crippen molar-refractivity contribution in [2.24, 2.45) is 0 Å². The SMILES string of the molecule is CCOP1(=O)CCN(Cc2ccccc2-c2cncnc2)C[C@@]1(CCCCN(C(=O)OC(C)(C)C)C(=O)OC(C)(C)C)C(=O)OC(C)(C)C. The monoisotopic (exact) mass is 702 g/mol. The van der Waals surface area contributed by atoms with Crippen LogP contribution in [0, 0.1) is 0 Å². The van der Waals surface area contributed by atoms with E-state index < -0.39 is 47.5 Å². The average Bonchev–Trinajstić information content (AvgIpc) is 2.96. The van der Waals surface area contributed by atoms with Crippen LogP contribution in [0.3, 0.4) is 0 Å². The number of carbonyl (C=O) groups excluding carboxylic acids is 3. The van der Waals surface area contributed by atoms with Crippen LogP contribution in [0.1, 0.15) is 94.1 Å². The molecule has 272 valence electrons. The van der Waals surface area contributed by atoms with Crippen LogP contribution in [0.15, 0.2) is 43.0 Å². The molecule has 2 amide bonds. The predicted octanol–water partition coefficient (Wildman–Crippen LogP) is 7.70. The summed E-state index contributed by atoms with van der Waals surface area (Å²) in [6.07, 6.45) is 4.31. The molecule has 1 unspecified atom stereocenters. The molecular weight excluding hydrogens is 647 g/mol.